The lowest BCUT2D eigenvalue weighted by molar-refractivity contribution is -0.155. The van der Waals surface area contributed by atoms with Crippen molar-refractivity contribution >= 4 is 0 Å². The van der Waals surface area contributed by atoms with Crippen LogP contribution in [0.4, 0.5) is 13.2 Å². The lowest BCUT2D eigenvalue weighted by Crippen LogP contribution is -2.05. The van der Waals surface area contributed by atoms with E-state index in [1.54, 1.807) is 30.3 Å². The number of halogens is 3. The molecular formula is C13H8F3N3O2. The van der Waals surface area contributed by atoms with Crippen LogP contribution in [0.15, 0.2) is 39.4 Å². The molecule has 0 bridgehead atoms. The molecule has 0 unspecified atom stereocenters. The predicted molar refractivity (Wildman–Crippen MR) is 65.0 cm³/mol. The topological polar surface area (TPSA) is 65.0 Å². The Bertz CT molecular complexity index is 763. The summed E-state index contributed by atoms with van der Waals surface area (Å²) in [6.45, 7) is 1.38. The standard InChI is InChI=1S/C13H8F3N3O2/c1-7-9(10(20-18-7)13(14,15)16)12-17-11(19-21-12)8-5-3-2-4-6-8/h2-6H,1H3. The largest absolute Gasteiger partial charge is 0.453 e. The summed E-state index contributed by atoms with van der Waals surface area (Å²) >= 11 is 0. The third kappa shape index (κ3) is 2.39. The number of hydrogen-bond donors (Lipinski definition) is 0. The van der Waals surface area contributed by atoms with Gasteiger partial charge in [-0.1, -0.05) is 40.6 Å². The van der Waals surface area contributed by atoms with Crippen molar-refractivity contribution in [3.05, 3.63) is 41.8 Å². The van der Waals surface area contributed by atoms with Crippen LogP contribution in [0.3, 0.4) is 0 Å². The Morgan fingerprint density at radius 1 is 1.00 bits per heavy atom. The van der Waals surface area contributed by atoms with E-state index in [9.17, 15) is 13.2 Å². The summed E-state index contributed by atoms with van der Waals surface area (Å²) in [6.07, 6.45) is -4.68. The van der Waals surface area contributed by atoms with Gasteiger partial charge in [-0.05, 0) is 6.92 Å². The maximum atomic E-state index is 12.9. The maximum Gasteiger partial charge on any atom is 0.453 e. The van der Waals surface area contributed by atoms with E-state index in [0.717, 1.165) is 0 Å². The van der Waals surface area contributed by atoms with Crippen LogP contribution in [0.25, 0.3) is 22.8 Å². The second-order valence-corrected chi connectivity index (χ2v) is 4.26. The van der Waals surface area contributed by atoms with Gasteiger partial charge in [0.15, 0.2) is 0 Å². The number of aryl methyl sites for hydroxylation is 1. The molecule has 0 amide bonds. The van der Waals surface area contributed by atoms with Crippen molar-refractivity contribution in [1.29, 1.82) is 0 Å². The Morgan fingerprint density at radius 3 is 2.38 bits per heavy atom. The van der Waals surface area contributed by atoms with E-state index in [1.165, 1.54) is 6.92 Å². The average Bonchev–Trinajstić information content (AvgIpc) is 3.05. The monoisotopic (exact) mass is 295 g/mol. The molecule has 1 aromatic carbocycles. The van der Waals surface area contributed by atoms with Crippen molar-refractivity contribution in [2.24, 2.45) is 0 Å². The van der Waals surface area contributed by atoms with Crippen LogP contribution in [-0.4, -0.2) is 15.3 Å². The van der Waals surface area contributed by atoms with Gasteiger partial charge in [0.2, 0.25) is 5.82 Å². The molecule has 0 radical (unpaired) electrons. The Hall–Kier alpha value is -2.64. The minimum Gasteiger partial charge on any atom is -0.351 e. The summed E-state index contributed by atoms with van der Waals surface area (Å²) in [5.74, 6) is -1.33. The molecule has 0 aliphatic rings. The molecule has 5 nitrogen and oxygen atoms in total. The molecule has 0 aliphatic carbocycles. The highest BCUT2D eigenvalue weighted by Crippen LogP contribution is 2.38. The second kappa shape index (κ2) is 4.72. The minimum atomic E-state index is -4.68. The molecule has 0 saturated heterocycles. The highest BCUT2D eigenvalue weighted by atomic mass is 19.4. The van der Waals surface area contributed by atoms with Crippen LogP contribution < -0.4 is 0 Å². The van der Waals surface area contributed by atoms with Crippen molar-refractivity contribution in [2.75, 3.05) is 0 Å². The number of nitrogens with zero attached hydrogens (tertiary/aromatic N) is 3. The van der Waals surface area contributed by atoms with E-state index in [1.807, 2.05) is 0 Å². The summed E-state index contributed by atoms with van der Waals surface area (Å²) in [6, 6.07) is 8.77. The van der Waals surface area contributed by atoms with E-state index in [0.29, 0.717) is 5.56 Å². The smallest absolute Gasteiger partial charge is 0.351 e. The molecule has 8 heteroatoms. The van der Waals surface area contributed by atoms with E-state index in [4.69, 9.17) is 4.52 Å². The molecule has 0 atom stereocenters. The van der Waals surface area contributed by atoms with Gasteiger partial charge in [0.1, 0.15) is 5.56 Å². The molecule has 0 fully saturated rings. The molecule has 2 aromatic heterocycles. The van der Waals surface area contributed by atoms with Gasteiger partial charge in [-0.15, -0.1) is 0 Å². The molecule has 0 N–H and O–H groups in total. The highest BCUT2D eigenvalue weighted by Gasteiger charge is 2.41. The third-order valence-corrected chi connectivity index (χ3v) is 2.79. The zero-order valence-corrected chi connectivity index (χ0v) is 10.7. The molecule has 3 rings (SSSR count). The molecular weight excluding hydrogens is 287 g/mol. The van der Waals surface area contributed by atoms with Crippen molar-refractivity contribution in [3.8, 4) is 22.8 Å². The summed E-state index contributed by atoms with van der Waals surface area (Å²) < 4.78 is 47.8. The number of rotatable bonds is 2. The van der Waals surface area contributed by atoms with Gasteiger partial charge >= 0.3 is 6.18 Å². The number of hydrogen-bond acceptors (Lipinski definition) is 5. The van der Waals surface area contributed by atoms with Crippen LogP contribution >= 0.6 is 0 Å². The van der Waals surface area contributed by atoms with Crippen LogP contribution in [0.5, 0.6) is 0 Å². The van der Waals surface area contributed by atoms with Crippen LogP contribution in [0.1, 0.15) is 11.5 Å². The Kier molecular flexibility index (Phi) is 3.00. The molecule has 0 saturated carbocycles. The quantitative estimate of drug-likeness (QED) is 0.721. The van der Waals surface area contributed by atoms with Crippen molar-refractivity contribution in [1.82, 2.24) is 15.3 Å². The molecule has 0 spiro atoms. The first-order valence-electron chi connectivity index (χ1n) is 5.90. The first-order valence-corrected chi connectivity index (χ1v) is 5.90. The lowest BCUT2D eigenvalue weighted by atomic mass is 10.2. The van der Waals surface area contributed by atoms with Gasteiger partial charge in [-0.25, -0.2) is 0 Å². The molecule has 108 valence electrons. The van der Waals surface area contributed by atoms with Crippen LogP contribution in [0, 0.1) is 6.92 Å². The fraction of sp³-hybridized carbons (Fsp3) is 0.154. The SMILES string of the molecule is Cc1noc(C(F)(F)F)c1-c1nc(-c2ccccc2)no1. The summed E-state index contributed by atoms with van der Waals surface area (Å²) in [5.41, 5.74) is 0.331. The molecule has 0 aliphatic heterocycles. The van der Waals surface area contributed by atoms with E-state index in [2.05, 4.69) is 19.8 Å². The molecule has 3 aromatic rings. The highest BCUT2D eigenvalue weighted by molar-refractivity contribution is 5.63. The number of aromatic nitrogens is 3. The van der Waals surface area contributed by atoms with E-state index >= 15 is 0 Å². The summed E-state index contributed by atoms with van der Waals surface area (Å²) in [4.78, 5) is 3.98. The zero-order chi connectivity index (χ0) is 15.0. The van der Waals surface area contributed by atoms with E-state index in [-0.39, 0.29) is 23.0 Å². The van der Waals surface area contributed by atoms with Gasteiger partial charge in [0.25, 0.3) is 11.7 Å². The van der Waals surface area contributed by atoms with Gasteiger partial charge in [-0.3, -0.25) is 0 Å². The lowest BCUT2D eigenvalue weighted by Gasteiger charge is -2.01. The van der Waals surface area contributed by atoms with Crippen molar-refractivity contribution < 1.29 is 22.2 Å². The Balaban J connectivity index is 2.07. The fourth-order valence-electron chi connectivity index (χ4n) is 1.84. The normalized spacial score (nSPS) is 11.8. The zero-order valence-electron chi connectivity index (χ0n) is 10.7. The van der Waals surface area contributed by atoms with Crippen LogP contribution in [-0.2, 0) is 6.18 Å². The van der Waals surface area contributed by atoms with Crippen molar-refractivity contribution in [2.45, 2.75) is 13.1 Å². The van der Waals surface area contributed by atoms with Crippen molar-refractivity contribution in [3.63, 3.8) is 0 Å². The first kappa shape index (κ1) is 13.3. The van der Waals surface area contributed by atoms with Crippen LogP contribution in [0.2, 0.25) is 0 Å². The average molecular weight is 295 g/mol. The molecule has 2 heterocycles. The Labute approximate surface area is 116 Å². The fourth-order valence-corrected chi connectivity index (χ4v) is 1.84. The number of benzene rings is 1. The first-order chi connectivity index (χ1) is 9.97. The predicted octanol–water partition coefficient (Wildman–Crippen LogP) is 3.72. The minimum absolute atomic E-state index is 0.0330. The van der Waals surface area contributed by atoms with Gasteiger partial charge < -0.3 is 9.05 Å². The Morgan fingerprint density at radius 2 is 1.71 bits per heavy atom. The van der Waals surface area contributed by atoms with Gasteiger partial charge in [0.05, 0.1) is 5.69 Å². The maximum absolute atomic E-state index is 12.9. The third-order valence-electron chi connectivity index (χ3n) is 2.79. The van der Waals surface area contributed by atoms with Gasteiger partial charge in [-0.2, -0.15) is 18.2 Å². The van der Waals surface area contributed by atoms with Gasteiger partial charge in [0, 0.05) is 5.56 Å². The number of alkyl halides is 3. The molecule has 21 heavy (non-hydrogen) atoms. The summed E-state index contributed by atoms with van der Waals surface area (Å²) in [5, 5.41) is 7.00. The summed E-state index contributed by atoms with van der Waals surface area (Å²) in [7, 11) is 0. The van der Waals surface area contributed by atoms with E-state index < -0.39 is 11.9 Å². The second-order valence-electron chi connectivity index (χ2n) is 4.26.